The molecule has 7 nitrogen and oxygen atoms in total. The van der Waals surface area contributed by atoms with Crippen LogP contribution in [-0.2, 0) is 11.3 Å². The number of aromatic nitrogens is 2. The van der Waals surface area contributed by atoms with Gasteiger partial charge < -0.3 is 21.7 Å². The standard InChI is InChI=1S/C19H19ClN6O/c1-12(27)25-15-6-8-16(9-7-15)26-19-17(21)18(23-11-24-19)22-10-13-2-4-14(20)5-3-13/h2-9,11H,10,21H2,1H3,(H,25,27)(H2,22,23,24,26). The molecule has 27 heavy (non-hydrogen) atoms. The molecular weight excluding hydrogens is 364 g/mol. The summed E-state index contributed by atoms with van der Waals surface area (Å²) in [6.45, 7) is 2.02. The third-order valence-corrected chi connectivity index (χ3v) is 3.98. The van der Waals surface area contributed by atoms with E-state index in [1.165, 1.54) is 13.3 Å². The van der Waals surface area contributed by atoms with Gasteiger partial charge in [-0.2, -0.15) is 0 Å². The molecule has 3 aromatic rings. The number of nitrogens with zero attached hydrogens (tertiary/aromatic N) is 2. The molecule has 0 bridgehead atoms. The SMILES string of the molecule is CC(=O)Nc1ccc(Nc2ncnc(NCc3ccc(Cl)cc3)c2N)cc1. The number of hydrogen-bond donors (Lipinski definition) is 4. The van der Waals surface area contributed by atoms with Crippen molar-refractivity contribution in [3.05, 3.63) is 65.4 Å². The quantitative estimate of drug-likeness (QED) is 0.513. The fourth-order valence-electron chi connectivity index (χ4n) is 2.40. The fraction of sp³-hybridized carbons (Fsp3) is 0.105. The van der Waals surface area contributed by atoms with Gasteiger partial charge in [-0.1, -0.05) is 23.7 Å². The Morgan fingerprint density at radius 2 is 1.63 bits per heavy atom. The summed E-state index contributed by atoms with van der Waals surface area (Å²) in [6.07, 6.45) is 1.44. The van der Waals surface area contributed by atoms with Crippen LogP contribution in [0.4, 0.5) is 28.7 Å². The second-order valence-electron chi connectivity index (χ2n) is 5.85. The van der Waals surface area contributed by atoms with Gasteiger partial charge in [-0.3, -0.25) is 4.79 Å². The fourth-order valence-corrected chi connectivity index (χ4v) is 2.53. The van der Waals surface area contributed by atoms with Crippen molar-refractivity contribution in [2.45, 2.75) is 13.5 Å². The molecule has 0 saturated heterocycles. The molecule has 0 aliphatic heterocycles. The van der Waals surface area contributed by atoms with Gasteiger partial charge in [-0.05, 0) is 42.0 Å². The Hall–Kier alpha value is -3.32. The van der Waals surface area contributed by atoms with Crippen LogP contribution in [0, 0.1) is 0 Å². The van der Waals surface area contributed by atoms with Crippen molar-refractivity contribution in [2.75, 3.05) is 21.7 Å². The number of amides is 1. The van der Waals surface area contributed by atoms with Crippen LogP contribution in [0.1, 0.15) is 12.5 Å². The van der Waals surface area contributed by atoms with Crippen LogP contribution >= 0.6 is 11.6 Å². The van der Waals surface area contributed by atoms with Crippen LogP contribution in [0.2, 0.25) is 5.02 Å². The zero-order valence-corrected chi connectivity index (χ0v) is 15.4. The third-order valence-electron chi connectivity index (χ3n) is 3.73. The number of nitrogens with two attached hydrogens (primary N) is 1. The maximum absolute atomic E-state index is 11.1. The first-order chi connectivity index (χ1) is 13.0. The summed E-state index contributed by atoms with van der Waals surface area (Å²) in [5.41, 5.74) is 9.16. The number of hydrogen-bond acceptors (Lipinski definition) is 6. The van der Waals surface area contributed by atoms with E-state index in [9.17, 15) is 4.79 Å². The Morgan fingerprint density at radius 3 is 2.30 bits per heavy atom. The molecule has 3 rings (SSSR count). The van der Waals surface area contributed by atoms with Crippen LogP contribution < -0.4 is 21.7 Å². The summed E-state index contributed by atoms with van der Waals surface area (Å²) in [6, 6.07) is 14.8. The Labute approximate surface area is 162 Å². The number of rotatable bonds is 6. The van der Waals surface area contributed by atoms with E-state index in [0.29, 0.717) is 34.6 Å². The highest BCUT2D eigenvalue weighted by atomic mass is 35.5. The van der Waals surface area contributed by atoms with Crippen molar-refractivity contribution in [3.8, 4) is 0 Å². The van der Waals surface area contributed by atoms with Crippen molar-refractivity contribution < 1.29 is 4.79 Å². The minimum atomic E-state index is -0.118. The predicted molar refractivity (Wildman–Crippen MR) is 109 cm³/mol. The number of benzene rings is 2. The van der Waals surface area contributed by atoms with Gasteiger partial charge >= 0.3 is 0 Å². The number of halogens is 1. The van der Waals surface area contributed by atoms with E-state index in [0.717, 1.165) is 11.3 Å². The summed E-state index contributed by atoms with van der Waals surface area (Å²) >= 11 is 5.90. The van der Waals surface area contributed by atoms with Gasteiger partial charge in [0.05, 0.1) is 0 Å². The molecule has 0 saturated carbocycles. The lowest BCUT2D eigenvalue weighted by molar-refractivity contribution is -0.114. The molecule has 1 heterocycles. The van der Waals surface area contributed by atoms with Gasteiger partial charge in [0.15, 0.2) is 11.6 Å². The highest BCUT2D eigenvalue weighted by Gasteiger charge is 2.08. The summed E-state index contributed by atoms with van der Waals surface area (Å²) < 4.78 is 0. The lowest BCUT2D eigenvalue weighted by Gasteiger charge is -2.13. The molecule has 1 amide bonds. The topological polar surface area (TPSA) is 105 Å². The molecule has 0 aliphatic rings. The van der Waals surface area contributed by atoms with Crippen molar-refractivity contribution in [1.82, 2.24) is 9.97 Å². The van der Waals surface area contributed by atoms with E-state index in [2.05, 4.69) is 25.9 Å². The van der Waals surface area contributed by atoms with Gasteiger partial charge in [-0.25, -0.2) is 9.97 Å². The van der Waals surface area contributed by atoms with Gasteiger partial charge in [0, 0.05) is 29.9 Å². The maximum atomic E-state index is 11.1. The number of nitrogen functional groups attached to an aromatic ring is 1. The minimum absolute atomic E-state index is 0.118. The Balaban J connectivity index is 1.68. The van der Waals surface area contributed by atoms with E-state index in [1.54, 1.807) is 12.1 Å². The average molecular weight is 383 g/mol. The minimum Gasteiger partial charge on any atom is -0.393 e. The van der Waals surface area contributed by atoms with Crippen LogP contribution in [0.25, 0.3) is 0 Å². The molecule has 0 unspecified atom stereocenters. The first-order valence-corrected chi connectivity index (χ1v) is 8.62. The molecule has 0 radical (unpaired) electrons. The predicted octanol–water partition coefficient (Wildman–Crippen LogP) is 4.03. The lowest BCUT2D eigenvalue weighted by Crippen LogP contribution is -2.08. The third kappa shape index (κ3) is 5.08. The second-order valence-corrected chi connectivity index (χ2v) is 6.28. The van der Waals surface area contributed by atoms with E-state index in [4.69, 9.17) is 17.3 Å². The van der Waals surface area contributed by atoms with Crippen molar-refractivity contribution in [1.29, 1.82) is 0 Å². The van der Waals surface area contributed by atoms with Gasteiger partial charge in [-0.15, -0.1) is 0 Å². The first kappa shape index (κ1) is 18.5. The largest absolute Gasteiger partial charge is 0.393 e. The summed E-state index contributed by atoms with van der Waals surface area (Å²) in [4.78, 5) is 19.5. The van der Waals surface area contributed by atoms with E-state index in [-0.39, 0.29) is 5.91 Å². The summed E-state index contributed by atoms with van der Waals surface area (Å²) in [5.74, 6) is 0.917. The first-order valence-electron chi connectivity index (χ1n) is 8.25. The van der Waals surface area contributed by atoms with Crippen LogP contribution in [-0.4, -0.2) is 15.9 Å². The highest BCUT2D eigenvalue weighted by Crippen LogP contribution is 2.26. The van der Waals surface area contributed by atoms with E-state index < -0.39 is 0 Å². The number of nitrogens with one attached hydrogen (secondary N) is 3. The average Bonchev–Trinajstić information content (AvgIpc) is 2.65. The van der Waals surface area contributed by atoms with Crippen molar-refractivity contribution in [3.63, 3.8) is 0 Å². The molecule has 2 aromatic carbocycles. The van der Waals surface area contributed by atoms with E-state index >= 15 is 0 Å². The smallest absolute Gasteiger partial charge is 0.221 e. The molecule has 1 aromatic heterocycles. The Bertz CT molecular complexity index is 928. The zero-order chi connectivity index (χ0) is 19.2. The van der Waals surface area contributed by atoms with Crippen LogP contribution in [0.3, 0.4) is 0 Å². The molecule has 8 heteroatoms. The molecule has 0 atom stereocenters. The number of carbonyl (C=O) groups excluding carboxylic acids is 1. The molecule has 5 N–H and O–H groups in total. The van der Waals surface area contributed by atoms with Crippen LogP contribution in [0.15, 0.2) is 54.9 Å². The summed E-state index contributed by atoms with van der Waals surface area (Å²) in [7, 11) is 0. The Kier molecular flexibility index (Phi) is 5.73. The second kappa shape index (κ2) is 8.37. The molecule has 138 valence electrons. The molecule has 0 fully saturated rings. The number of carbonyl (C=O) groups is 1. The molecule has 0 spiro atoms. The highest BCUT2D eigenvalue weighted by molar-refractivity contribution is 6.30. The van der Waals surface area contributed by atoms with Crippen molar-refractivity contribution >= 4 is 46.2 Å². The lowest BCUT2D eigenvalue weighted by atomic mass is 10.2. The Morgan fingerprint density at radius 1 is 1.00 bits per heavy atom. The normalized spacial score (nSPS) is 10.3. The number of anilines is 5. The monoisotopic (exact) mass is 382 g/mol. The van der Waals surface area contributed by atoms with Crippen LogP contribution in [0.5, 0.6) is 0 Å². The van der Waals surface area contributed by atoms with Crippen molar-refractivity contribution in [2.24, 2.45) is 0 Å². The maximum Gasteiger partial charge on any atom is 0.221 e. The van der Waals surface area contributed by atoms with Gasteiger partial charge in [0.2, 0.25) is 5.91 Å². The molecular formula is C19H19ClN6O. The molecule has 0 aliphatic carbocycles. The van der Waals surface area contributed by atoms with E-state index in [1.807, 2.05) is 36.4 Å². The summed E-state index contributed by atoms with van der Waals surface area (Å²) in [5, 5.41) is 9.76. The van der Waals surface area contributed by atoms with Gasteiger partial charge in [0.1, 0.15) is 12.0 Å². The van der Waals surface area contributed by atoms with Gasteiger partial charge in [0.25, 0.3) is 0 Å². The zero-order valence-electron chi connectivity index (χ0n) is 14.7.